The molecule has 0 bridgehead atoms. The molecule has 3 heterocycles. The fraction of sp³-hybridized carbons (Fsp3) is 0.694. The van der Waals surface area contributed by atoms with Crippen LogP contribution in [0.25, 0.3) is 0 Å². The zero-order valence-electron chi connectivity index (χ0n) is 35.0. The number of nitrogens with one attached hydrogen (secondary N) is 6. The molecule has 3 rings (SSSR count). The Hall–Kier alpha value is -5.46. The Morgan fingerprint density at radius 1 is 0.677 bits per heavy atom. The minimum atomic E-state index is -1.18. The number of nitrogens with zero attached hydrogens (tertiary/aromatic N) is 4. The van der Waals surface area contributed by atoms with Crippen LogP contribution in [0.2, 0.25) is 0 Å². The van der Waals surface area contributed by atoms with Crippen LogP contribution < -0.4 is 54.8 Å². The van der Waals surface area contributed by atoms with Crippen molar-refractivity contribution in [2.45, 2.75) is 108 Å². The summed E-state index contributed by atoms with van der Waals surface area (Å²) in [4.78, 5) is 137. The summed E-state index contributed by atoms with van der Waals surface area (Å²) < 4.78 is 8.22. The molecule has 10 amide bonds. The van der Waals surface area contributed by atoms with E-state index in [4.69, 9.17) is 26.4 Å². The van der Waals surface area contributed by atoms with Gasteiger partial charge in [0.1, 0.15) is 36.3 Å². The quantitative estimate of drug-likeness (QED) is 0.0308. The maximum atomic E-state index is 14.1. The summed E-state index contributed by atoms with van der Waals surface area (Å²) in [6, 6.07) is -5.92. The molecule has 3 aliphatic heterocycles. The number of guanidine groups is 1. The number of nitrogens with two attached hydrogens (primary N) is 4. The van der Waals surface area contributed by atoms with Gasteiger partial charge in [-0.05, 0) is 64.7 Å². The van der Waals surface area contributed by atoms with Gasteiger partial charge in [-0.1, -0.05) is 6.92 Å². The van der Waals surface area contributed by atoms with E-state index in [1.54, 1.807) is 6.92 Å². The third-order valence-electron chi connectivity index (χ3n) is 10.4. The second-order valence-corrected chi connectivity index (χ2v) is 14.7. The Morgan fingerprint density at radius 2 is 1.23 bits per heavy atom. The van der Waals surface area contributed by atoms with Crippen molar-refractivity contribution >= 4 is 65.0 Å². The van der Waals surface area contributed by atoms with Crippen molar-refractivity contribution in [1.29, 1.82) is 0 Å². The summed E-state index contributed by atoms with van der Waals surface area (Å²) >= 11 is 0.900. The summed E-state index contributed by atoms with van der Waals surface area (Å²) in [6.07, 6.45) is 3.05. The molecule has 0 saturated carbocycles. The van der Waals surface area contributed by atoms with E-state index in [-0.39, 0.29) is 63.9 Å². The van der Waals surface area contributed by atoms with Crippen LogP contribution >= 0.6 is 0 Å². The van der Waals surface area contributed by atoms with Gasteiger partial charge in [0.2, 0.25) is 59.1 Å². The number of likely N-dealkylation sites (tertiary alicyclic amines) is 3. The number of imide groups is 1. The minimum absolute atomic E-state index is 0.0724. The van der Waals surface area contributed by atoms with Gasteiger partial charge in [-0.15, -0.1) is 0 Å². The van der Waals surface area contributed by atoms with Crippen LogP contribution in [-0.4, -0.2) is 168 Å². The number of amides is 10. The summed E-state index contributed by atoms with van der Waals surface area (Å²) in [5.74, 6) is -6.37. The van der Waals surface area contributed by atoms with Crippen molar-refractivity contribution in [2.75, 3.05) is 52.4 Å². The van der Waals surface area contributed by atoms with E-state index in [1.807, 2.05) is 0 Å². The molecule has 14 N–H and O–H groups in total. The van der Waals surface area contributed by atoms with Gasteiger partial charge < -0.3 is 64.2 Å². The molecule has 3 fully saturated rings. The molecular weight excluding hydrogens is 903 g/mol. The predicted octanol–water partition coefficient (Wildman–Crippen LogP) is -6.43. The molecule has 3 saturated heterocycles. The van der Waals surface area contributed by atoms with Crippen LogP contribution in [0.4, 0.5) is 0 Å². The van der Waals surface area contributed by atoms with Crippen molar-refractivity contribution in [2.24, 2.45) is 27.9 Å². The summed E-state index contributed by atoms with van der Waals surface area (Å²) in [5.41, 5.74) is 21.7. The van der Waals surface area contributed by atoms with E-state index in [1.165, 1.54) is 21.6 Å². The second kappa shape index (κ2) is 26.8. The first-order chi connectivity index (χ1) is 29.5. The number of aliphatic imine (C=N–C) groups is 1. The normalized spacial score (nSPS) is 19.4. The van der Waals surface area contributed by atoms with Crippen molar-refractivity contribution in [1.82, 2.24) is 46.6 Å². The first kappa shape index (κ1) is 52.7. The van der Waals surface area contributed by atoms with Crippen LogP contribution in [0.15, 0.2) is 4.99 Å². The van der Waals surface area contributed by atoms with E-state index in [9.17, 15) is 47.9 Å². The van der Waals surface area contributed by atoms with Crippen LogP contribution in [0.3, 0.4) is 0 Å². The average molecular weight is 964 g/mol. The molecule has 25 nitrogen and oxygen atoms in total. The molecule has 0 spiro atoms. The van der Waals surface area contributed by atoms with Gasteiger partial charge in [0, 0.05) is 26.2 Å². The molecule has 0 aromatic heterocycles. The van der Waals surface area contributed by atoms with E-state index in [0.717, 1.165) is 18.9 Å². The molecule has 62 heavy (non-hydrogen) atoms. The van der Waals surface area contributed by atoms with Gasteiger partial charge in [-0.2, -0.15) is 0 Å². The molecule has 0 aromatic rings. The van der Waals surface area contributed by atoms with Gasteiger partial charge in [0.15, 0.2) is 5.96 Å². The van der Waals surface area contributed by atoms with Crippen LogP contribution in [0.1, 0.15) is 71.6 Å². The van der Waals surface area contributed by atoms with Crippen LogP contribution in [0, 0.1) is 0 Å². The number of rotatable bonds is 20. The summed E-state index contributed by atoms with van der Waals surface area (Å²) in [6.45, 7) is 2.22. The topological polar surface area (TPSA) is 386 Å². The first-order valence-electron chi connectivity index (χ1n) is 20.3. The van der Waals surface area contributed by atoms with Crippen molar-refractivity contribution in [3.8, 4) is 0 Å². The Kier molecular flexibility index (Phi) is 22.8. The molecule has 26 heteroatoms. The molecule has 0 radical (unpaired) electrons. The zero-order valence-corrected chi connectivity index (χ0v) is 36.8. The van der Waals surface area contributed by atoms with Gasteiger partial charge in [0.25, 0.3) is 0 Å². The third-order valence-corrected chi connectivity index (χ3v) is 10.4. The van der Waals surface area contributed by atoms with Crippen LogP contribution in [-0.2, 0) is 70.3 Å². The monoisotopic (exact) mass is 963 g/mol. The van der Waals surface area contributed by atoms with Crippen LogP contribution in [0.5, 0.6) is 0 Å². The summed E-state index contributed by atoms with van der Waals surface area (Å²) in [7, 11) is 0. The average Bonchev–Trinajstić information content (AvgIpc) is 4.07. The number of hydrogen-bond acceptors (Lipinski definition) is 14. The SMILES string of the molecule is CCC(NC(=O)[C@@H]1CCCN1C(=O)[C@@H]1CCCN1C(=O)[C@H](CCCN=C(N)N)NC(=O)[C@@H]1CCCN1C(=O)CN)C(=O)NC(=O)CNC(=O)CNC(=O)C(C)NC(=O)CN.[O]=[99Tc]. The van der Waals surface area contributed by atoms with Crippen molar-refractivity contribution in [3.05, 3.63) is 0 Å². The molecule has 3 aliphatic rings. The first-order valence-corrected chi connectivity index (χ1v) is 21.1. The number of carbonyl (C=O) groups excluding carboxylic acids is 10. The Balaban J connectivity index is 0.00000651. The van der Waals surface area contributed by atoms with Gasteiger partial charge in [-0.3, -0.25) is 58.3 Å². The molecule has 347 valence electrons. The zero-order chi connectivity index (χ0) is 46.5. The van der Waals surface area contributed by atoms with Gasteiger partial charge in [-0.25, -0.2) is 0 Å². The second-order valence-electron chi connectivity index (χ2n) is 14.7. The van der Waals surface area contributed by atoms with E-state index in [0.29, 0.717) is 45.1 Å². The van der Waals surface area contributed by atoms with E-state index < -0.39 is 103 Å². The molecular formula is C36H60N14O11Tc. The maximum absolute atomic E-state index is 14.1. The van der Waals surface area contributed by atoms with Gasteiger partial charge in [0.05, 0.1) is 26.2 Å². The molecule has 0 aromatic carbocycles. The summed E-state index contributed by atoms with van der Waals surface area (Å²) in [5, 5.41) is 14.4. The van der Waals surface area contributed by atoms with E-state index >= 15 is 0 Å². The Bertz CT molecular complexity index is 1680. The molecule has 6 atom stereocenters. The fourth-order valence-corrected chi connectivity index (χ4v) is 7.28. The predicted molar refractivity (Wildman–Crippen MR) is 214 cm³/mol. The Labute approximate surface area is 369 Å². The van der Waals surface area contributed by atoms with E-state index in [2.05, 4.69) is 36.9 Å². The molecule has 2 unspecified atom stereocenters. The third kappa shape index (κ3) is 15.8. The number of hydrogen-bond donors (Lipinski definition) is 10. The Morgan fingerprint density at radius 3 is 1.81 bits per heavy atom. The molecule has 0 aliphatic carbocycles. The fourth-order valence-electron chi connectivity index (χ4n) is 7.28. The van der Waals surface area contributed by atoms with Gasteiger partial charge >= 0.3 is 22.4 Å². The van der Waals surface area contributed by atoms with Crippen molar-refractivity contribution in [3.63, 3.8) is 0 Å². The van der Waals surface area contributed by atoms with Crippen molar-refractivity contribution < 1.29 is 70.3 Å². The standard InChI is InChI=1S/C36H60N14O10.O.Tc/c1-3-21(31(56)47-28(53)19-42-27(52)18-43-30(55)20(2)44-26(51)16-37)45-33(58)24-10-6-14-49(24)35(60)25-11-7-15-50(25)34(59)22(8-4-12-41-36(39)40)46-32(57)23-9-5-13-48(23)29(54)17-38;;/h20-25H,3-19,37-38H2,1-2H3,(H,42,52)(H,43,55)(H,44,51)(H,45,58)(H,46,57)(H4,39,40,41)(H,47,53,56);;/t20?,21?,22-,23-,24-,25-;;/m0../s1/i;;1+1. The number of carbonyl (C=O) groups is 10.